The smallest absolute Gasteiger partial charge is 0.160 e. The highest BCUT2D eigenvalue weighted by Gasteiger charge is 2.16. The van der Waals surface area contributed by atoms with Crippen LogP contribution in [-0.2, 0) is 0 Å². The van der Waals surface area contributed by atoms with Gasteiger partial charge in [-0.25, -0.2) is 9.97 Å². The fraction of sp³-hybridized carbons (Fsp3) is 0. The summed E-state index contributed by atoms with van der Waals surface area (Å²) in [6.07, 6.45) is 5.73. The molecule has 4 aromatic heterocycles. The minimum atomic E-state index is 0.675. The number of nitrogens with two attached hydrogens (primary N) is 1. The highest BCUT2D eigenvalue weighted by Crippen LogP contribution is 2.37. The molecule has 6 nitrogen and oxygen atoms in total. The van der Waals surface area contributed by atoms with Crippen LogP contribution in [0.4, 0.5) is 5.69 Å². The number of pyridine rings is 1. The number of fused-ring (bicyclic) bond motifs is 4. The van der Waals surface area contributed by atoms with Gasteiger partial charge in [-0.15, -0.1) is 0 Å². The van der Waals surface area contributed by atoms with Crippen molar-refractivity contribution in [3.05, 3.63) is 152 Å². The highest BCUT2D eigenvalue weighted by atomic mass is 16.3. The Bertz CT molecular complexity index is 2570. The third-order valence-corrected chi connectivity index (χ3v) is 8.68. The van der Waals surface area contributed by atoms with Crippen molar-refractivity contribution >= 4 is 38.5 Å². The maximum absolute atomic E-state index is 6.52. The molecule has 0 aliphatic carbocycles. The van der Waals surface area contributed by atoms with E-state index in [4.69, 9.17) is 20.1 Å². The summed E-state index contributed by atoms with van der Waals surface area (Å²) >= 11 is 0. The number of nitrogens with zero attached hydrogens (tertiary/aromatic N) is 4. The third kappa shape index (κ3) is 4.71. The van der Waals surface area contributed by atoms with E-state index in [1.165, 1.54) is 0 Å². The summed E-state index contributed by atoms with van der Waals surface area (Å²) in [6.45, 7) is 0. The molecular weight excluding hydrogens is 578 g/mol. The van der Waals surface area contributed by atoms with Crippen molar-refractivity contribution in [2.75, 3.05) is 5.73 Å². The number of hydrogen-bond acceptors (Lipinski definition) is 5. The van der Waals surface area contributed by atoms with Crippen LogP contribution in [0.5, 0.6) is 0 Å². The van der Waals surface area contributed by atoms with Gasteiger partial charge in [0, 0.05) is 57.1 Å². The van der Waals surface area contributed by atoms with E-state index < -0.39 is 0 Å². The molecule has 47 heavy (non-hydrogen) atoms. The Kier molecular flexibility index (Phi) is 6.18. The highest BCUT2D eigenvalue weighted by molar-refractivity contribution is 6.09. The largest absolute Gasteiger partial charge is 0.454 e. The number of nitrogen functional groups attached to an aromatic ring is 1. The van der Waals surface area contributed by atoms with Gasteiger partial charge in [0.1, 0.15) is 5.58 Å². The van der Waals surface area contributed by atoms with Crippen LogP contribution in [0, 0.1) is 0 Å². The zero-order chi connectivity index (χ0) is 31.3. The van der Waals surface area contributed by atoms with Gasteiger partial charge < -0.3 is 14.7 Å². The Morgan fingerprint density at radius 2 is 1.36 bits per heavy atom. The van der Waals surface area contributed by atoms with Gasteiger partial charge in [-0.2, -0.15) is 0 Å². The fourth-order valence-corrected chi connectivity index (χ4v) is 6.33. The normalized spacial score (nSPS) is 11.5. The van der Waals surface area contributed by atoms with Crippen LogP contribution in [0.2, 0.25) is 0 Å². The number of anilines is 1. The average Bonchev–Trinajstić information content (AvgIpc) is 3.73. The van der Waals surface area contributed by atoms with Crippen LogP contribution in [-0.4, -0.2) is 19.5 Å². The molecule has 0 fully saturated rings. The Labute approximate surface area is 270 Å². The molecule has 0 atom stereocenters. The first kappa shape index (κ1) is 26.8. The standard InChI is InChI=1S/C41H27N5O/c42-32-16-17-37-30(22-32)19-21-46(37)38-10-4-9-33-34-23-29(15-18-39(34)47-40(33)38)36-24-35(44-41(45-36)28-6-2-1-3-7-28)27-13-11-26(12-14-27)31-8-5-20-43-25-31/h1-25H,42H2. The molecule has 0 saturated heterocycles. The molecule has 9 rings (SSSR count). The van der Waals surface area contributed by atoms with E-state index in [0.29, 0.717) is 5.82 Å². The van der Waals surface area contributed by atoms with Crippen LogP contribution in [0.3, 0.4) is 0 Å². The first-order valence-electron chi connectivity index (χ1n) is 15.5. The molecule has 0 aliphatic heterocycles. The molecule has 0 radical (unpaired) electrons. The topological polar surface area (TPSA) is 82.8 Å². The lowest BCUT2D eigenvalue weighted by molar-refractivity contribution is 0.666. The fourth-order valence-electron chi connectivity index (χ4n) is 6.33. The lowest BCUT2D eigenvalue weighted by atomic mass is 10.0. The Balaban J connectivity index is 1.17. The molecule has 6 heteroatoms. The van der Waals surface area contributed by atoms with E-state index in [1.807, 2.05) is 66.9 Å². The first-order valence-corrected chi connectivity index (χ1v) is 15.5. The summed E-state index contributed by atoms with van der Waals surface area (Å²) in [6, 6.07) is 45.2. The maximum Gasteiger partial charge on any atom is 0.160 e. The molecule has 0 spiro atoms. The van der Waals surface area contributed by atoms with E-state index in [1.54, 1.807) is 6.20 Å². The molecule has 9 aromatic rings. The molecule has 0 saturated carbocycles. The van der Waals surface area contributed by atoms with Gasteiger partial charge in [0.05, 0.1) is 22.6 Å². The molecule has 222 valence electrons. The van der Waals surface area contributed by atoms with Gasteiger partial charge in [0.25, 0.3) is 0 Å². The van der Waals surface area contributed by atoms with Crippen molar-refractivity contribution in [2.45, 2.75) is 0 Å². The zero-order valence-electron chi connectivity index (χ0n) is 25.2. The van der Waals surface area contributed by atoms with E-state index in [-0.39, 0.29) is 0 Å². The third-order valence-electron chi connectivity index (χ3n) is 8.68. The Morgan fingerprint density at radius 3 is 2.19 bits per heavy atom. The summed E-state index contributed by atoms with van der Waals surface area (Å²) in [4.78, 5) is 14.4. The predicted molar refractivity (Wildman–Crippen MR) is 190 cm³/mol. The molecule has 0 aliphatic rings. The first-order chi connectivity index (χ1) is 23.2. The lowest BCUT2D eigenvalue weighted by Crippen LogP contribution is -1.96. The van der Waals surface area contributed by atoms with Crippen LogP contribution in [0.25, 0.3) is 83.6 Å². The van der Waals surface area contributed by atoms with E-state index in [0.717, 1.165) is 83.4 Å². The summed E-state index contributed by atoms with van der Waals surface area (Å²) in [7, 11) is 0. The van der Waals surface area contributed by atoms with Gasteiger partial charge in [-0.1, -0.05) is 72.8 Å². The van der Waals surface area contributed by atoms with Gasteiger partial charge in [0.2, 0.25) is 0 Å². The Hall–Kier alpha value is -6.53. The van der Waals surface area contributed by atoms with Crippen molar-refractivity contribution in [3.63, 3.8) is 0 Å². The maximum atomic E-state index is 6.52. The lowest BCUT2D eigenvalue weighted by Gasteiger charge is -2.10. The van der Waals surface area contributed by atoms with Gasteiger partial charge in [-0.05, 0) is 71.8 Å². The number of furan rings is 1. The van der Waals surface area contributed by atoms with Crippen LogP contribution in [0.1, 0.15) is 0 Å². The molecular formula is C41H27N5O. The number of hydrogen-bond donors (Lipinski definition) is 1. The number of benzene rings is 5. The minimum absolute atomic E-state index is 0.675. The van der Waals surface area contributed by atoms with E-state index >= 15 is 0 Å². The van der Waals surface area contributed by atoms with Gasteiger partial charge in [-0.3, -0.25) is 4.98 Å². The molecule has 0 amide bonds. The van der Waals surface area contributed by atoms with Crippen LogP contribution in [0.15, 0.2) is 156 Å². The molecule has 2 N–H and O–H groups in total. The summed E-state index contributed by atoms with van der Waals surface area (Å²) < 4.78 is 8.68. The number of aromatic nitrogens is 4. The number of para-hydroxylation sites is 1. The summed E-state index contributed by atoms with van der Waals surface area (Å²) in [5.41, 5.74) is 17.3. The zero-order valence-corrected chi connectivity index (χ0v) is 25.2. The van der Waals surface area contributed by atoms with Crippen molar-refractivity contribution < 1.29 is 4.42 Å². The molecule has 0 bridgehead atoms. The van der Waals surface area contributed by atoms with Crippen molar-refractivity contribution in [1.29, 1.82) is 0 Å². The Morgan fingerprint density at radius 1 is 0.574 bits per heavy atom. The predicted octanol–water partition coefficient (Wildman–Crippen LogP) is 9.97. The molecule has 4 heterocycles. The van der Waals surface area contributed by atoms with Gasteiger partial charge in [0.15, 0.2) is 11.4 Å². The van der Waals surface area contributed by atoms with Crippen molar-refractivity contribution in [1.82, 2.24) is 19.5 Å². The second kappa shape index (κ2) is 10.8. The van der Waals surface area contributed by atoms with E-state index in [9.17, 15) is 0 Å². The molecule has 0 unspecified atom stereocenters. The second-order valence-electron chi connectivity index (χ2n) is 11.6. The summed E-state index contributed by atoms with van der Waals surface area (Å²) in [5, 5.41) is 3.16. The van der Waals surface area contributed by atoms with Gasteiger partial charge >= 0.3 is 0 Å². The SMILES string of the molecule is Nc1ccc2c(ccn2-c2cccc3c2oc2ccc(-c4cc(-c5ccc(-c6cccnc6)cc5)nc(-c5ccccc5)n4)cc23)c1. The van der Waals surface area contributed by atoms with Crippen molar-refractivity contribution in [3.8, 4) is 50.7 Å². The quantitative estimate of drug-likeness (QED) is 0.197. The monoisotopic (exact) mass is 605 g/mol. The van der Waals surface area contributed by atoms with Crippen LogP contribution < -0.4 is 5.73 Å². The number of rotatable bonds is 5. The second-order valence-corrected chi connectivity index (χ2v) is 11.6. The van der Waals surface area contributed by atoms with Crippen molar-refractivity contribution in [2.24, 2.45) is 0 Å². The molecule has 5 aromatic carbocycles. The van der Waals surface area contributed by atoms with E-state index in [2.05, 4.69) is 88.5 Å². The minimum Gasteiger partial charge on any atom is -0.454 e. The summed E-state index contributed by atoms with van der Waals surface area (Å²) in [5.74, 6) is 0.675. The average molecular weight is 606 g/mol. The van der Waals surface area contributed by atoms with Crippen LogP contribution >= 0.6 is 0 Å².